The van der Waals surface area contributed by atoms with Crippen molar-refractivity contribution in [1.29, 1.82) is 0 Å². The maximum Gasteiger partial charge on any atom is 0.235 e. The van der Waals surface area contributed by atoms with Crippen LogP contribution < -0.4 is 0 Å². The summed E-state index contributed by atoms with van der Waals surface area (Å²) in [6, 6.07) is 0.459. The smallest absolute Gasteiger partial charge is 0.235 e. The first-order valence-electron chi connectivity index (χ1n) is 8.36. The Kier molecular flexibility index (Phi) is 6.89. The van der Waals surface area contributed by atoms with E-state index in [4.69, 9.17) is 4.52 Å². The number of likely N-dealkylation sites (tertiary alicyclic amines) is 1. The largest absolute Gasteiger partial charge is 0.342 e. The molecule has 1 amide bonds. The molecule has 0 aromatic carbocycles. The van der Waals surface area contributed by atoms with Gasteiger partial charge in [-0.2, -0.15) is 16.7 Å². The van der Waals surface area contributed by atoms with E-state index in [1.54, 1.807) is 11.8 Å². The average molecular weight is 340 g/mol. The second-order valence-corrected chi connectivity index (χ2v) is 7.23. The molecule has 0 saturated carbocycles. The van der Waals surface area contributed by atoms with E-state index in [1.165, 1.54) is 0 Å². The molecule has 2 rings (SSSR count). The standard InChI is InChI=1S/C16H28N4O2S/c1-5-14(23-4)16(21)20-9-6-7-13(8-10-20)19(3)11-15-17-12(2)22-18-15/h13-14H,5-11H2,1-4H3/t13-,14-/m0/s1. The van der Waals surface area contributed by atoms with Crippen molar-refractivity contribution in [2.24, 2.45) is 0 Å². The second kappa shape index (κ2) is 8.68. The number of rotatable bonds is 6. The fourth-order valence-electron chi connectivity index (χ4n) is 3.14. The van der Waals surface area contributed by atoms with Crippen molar-refractivity contribution in [2.75, 3.05) is 26.4 Å². The molecule has 1 aliphatic rings. The van der Waals surface area contributed by atoms with Crippen molar-refractivity contribution < 1.29 is 9.32 Å². The summed E-state index contributed by atoms with van der Waals surface area (Å²) >= 11 is 1.66. The SMILES string of the molecule is CC[C@H](SC)C(=O)N1CCC[C@H](N(C)Cc2noc(C)n2)CC1. The van der Waals surface area contributed by atoms with Gasteiger partial charge in [0.05, 0.1) is 11.8 Å². The molecule has 1 saturated heterocycles. The van der Waals surface area contributed by atoms with Gasteiger partial charge in [0.15, 0.2) is 5.82 Å². The number of hydrogen-bond donors (Lipinski definition) is 0. The van der Waals surface area contributed by atoms with Crippen LogP contribution in [-0.2, 0) is 11.3 Å². The van der Waals surface area contributed by atoms with Crippen LogP contribution in [0.2, 0.25) is 0 Å². The molecule has 0 radical (unpaired) electrons. The molecule has 1 aliphatic heterocycles. The van der Waals surface area contributed by atoms with Crippen LogP contribution in [0, 0.1) is 6.92 Å². The molecule has 0 aliphatic carbocycles. The number of amides is 1. The molecule has 23 heavy (non-hydrogen) atoms. The third-order valence-corrected chi connectivity index (χ3v) is 5.63. The average Bonchev–Trinajstić information content (AvgIpc) is 2.80. The van der Waals surface area contributed by atoms with E-state index in [0.717, 1.165) is 44.6 Å². The van der Waals surface area contributed by atoms with E-state index in [0.29, 0.717) is 24.4 Å². The topological polar surface area (TPSA) is 62.5 Å². The van der Waals surface area contributed by atoms with Gasteiger partial charge in [-0.05, 0) is 39.0 Å². The monoisotopic (exact) mass is 340 g/mol. The third-order valence-electron chi connectivity index (χ3n) is 4.52. The van der Waals surface area contributed by atoms with Gasteiger partial charge in [-0.25, -0.2) is 0 Å². The summed E-state index contributed by atoms with van der Waals surface area (Å²) in [5.41, 5.74) is 0. The van der Waals surface area contributed by atoms with Crippen molar-refractivity contribution in [3.63, 3.8) is 0 Å². The Morgan fingerprint density at radius 2 is 2.26 bits per heavy atom. The van der Waals surface area contributed by atoms with Crippen LogP contribution in [0.15, 0.2) is 4.52 Å². The van der Waals surface area contributed by atoms with Crippen LogP contribution in [0.3, 0.4) is 0 Å². The molecular weight excluding hydrogens is 312 g/mol. The van der Waals surface area contributed by atoms with Crippen LogP contribution in [0.5, 0.6) is 0 Å². The Hall–Kier alpha value is -1.08. The Balaban J connectivity index is 1.88. The molecule has 0 unspecified atom stereocenters. The lowest BCUT2D eigenvalue weighted by Gasteiger charge is -2.27. The van der Waals surface area contributed by atoms with E-state index in [9.17, 15) is 4.79 Å². The zero-order valence-corrected chi connectivity index (χ0v) is 15.4. The predicted octanol–water partition coefficient (Wildman–Crippen LogP) is 2.33. The molecule has 2 atom stereocenters. The second-order valence-electron chi connectivity index (χ2n) is 6.19. The number of hydrogen-bond acceptors (Lipinski definition) is 6. The van der Waals surface area contributed by atoms with Gasteiger partial charge in [0.2, 0.25) is 11.8 Å². The molecule has 2 heterocycles. The van der Waals surface area contributed by atoms with Crippen molar-refractivity contribution in [1.82, 2.24) is 19.9 Å². The highest BCUT2D eigenvalue weighted by molar-refractivity contribution is 7.99. The normalized spacial score (nSPS) is 20.6. The summed E-state index contributed by atoms with van der Waals surface area (Å²) in [4.78, 5) is 21.1. The Bertz CT molecular complexity index is 504. The number of nitrogens with zero attached hydrogens (tertiary/aromatic N) is 4. The van der Waals surface area contributed by atoms with E-state index in [2.05, 4.69) is 33.9 Å². The number of carbonyl (C=O) groups excluding carboxylic acids is 1. The summed E-state index contributed by atoms with van der Waals surface area (Å²) in [6.45, 7) is 6.30. The van der Waals surface area contributed by atoms with E-state index < -0.39 is 0 Å². The minimum Gasteiger partial charge on any atom is -0.342 e. The first kappa shape index (κ1) is 18.3. The molecule has 0 N–H and O–H groups in total. The molecule has 6 nitrogen and oxygen atoms in total. The van der Waals surface area contributed by atoms with Crippen LogP contribution in [0.1, 0.15) is 44.3 Å². The first-order chi connectivity index (χ1) is 11.0. The zero-order chi connectivity index (χ0) is 16.8. The molecule has 130 valence electrons. The van der Waals surface area contributed by atoms with Gasteiger partial charge in [0.25, 0.3) is 0 Å². The minimum absolute atomic E-state index is 0.103. The van der Waals surface area contributed by atoms with Crippen LogP contribution in [0.25, 0.3) is 0 Å². The van der Waals surface area contributed by atoms with Gasteiger partial charge in [-0.1, -0.05) is 12.1 Å². The lowest BCUT2D eigenvalue weighted by atomic mass is 10.1. The third kappa shape index (κ3) is 4.94. The molecule has 7 heteroatoms. The van der Waals surface area contributed by atoms with Gasteiger partial charge in [-0.15, -0.1) is 0 Å². The lowest BCUT2D eigenvalue weighted by Crippen LogP contribution is -2.39. The Morgan fingerprint density at radius 3 is 2.87 bits per heavy atom. The highest BCUT2D eigenvalue weighted by atomic mass is 32.2. The summed E-state index contributed by atoms with van der Waals surface area (Å²) in [5, 5.41) is 4.07. The van der Waals surface area contributed by atoms with Gasteiger partial charge < -0.3 is 9.42 Å². The van der Waals surface area contributed by atoms with Crippen LogP contribution >= 0.6 is 11.8 Å². The molecule has 0 bridgehead atoms. The van der Waals surface area contributed by atoms with Crippen LogP contribution in [0.4, 0.5) is 0 Å². The summed E-state index contributed by atoms with van der Waals surface area (Å²) in [5.74, 6) is 1.64. The maximum absolute atomic E-state index is 12.5. The van der Waals surface area contributed by atoms with Crippen molar-refractivity contribution >= 4 is 17.7 Å². The number of carbonyl (C=O) groups is 1. The van der Waals surface area contributed by atoms with Crippen LogP contribution in [-0.4, -0.2) is 63.5 Å². The van der Waals surface area contributed by atoms with Gasteiger partial charge in [0.1, 0.15) is 0 Å². The van der Waals surface area contributed by atoms with Gasteiger partial charge in [0, 0.05) is 26.1 Å². The molecule has 1 aromatic heterocycles. The van der Waals surface area contributed by atoms with Gasteiger partial charge in [-0.3, -0.25) is 9.69 Å². The fourth-order valence-corrected chi connectivity index (χ4v) is 3.83. The quantitative estimate of drug-likeness (QED) is 0.792. The Morgan fingerprint density at radius 1 is 1.48 bits per heavy atom. The predicted molar refractivity (Wildman–Crippen MR) is 92.3 cm³/mol. The number of aromatic nitrogens is 2. The zero-order valence-electron chi connectivity index (χ0n) is 14.6. The minimum atomic E-state index is 0.103. The number of thioether (sulfide) groups is 1. The Labute approximate surface area is 143 Å². The van der Waals surface area contributed by atoms with E-state index >= 15 is 0 Å². The summed E-state index contributed by atoms with van der Waals surface area (Å²) in [7, 11) is 2.10. The summed E-state index contributed by atoms with van der Waals surface area (Å²) < 4.78 is 5.03. The van der Waals surface area contributed by atoms with E-state index in [1.807, 2.05) is 13.2 Å². The first-order valence-corrected chi connectivity index (χ1v) is 9.65. The van der Waals surface area contributed by atoms with Crippen molar-refractivity contribution in [3.05, 3.63) is 11.7 Å². The van der Waals surface area contributed by atoms with E-state index in [-0.39, 0.29) is 5.25 Å². The molecule has 1 fully saturated rings. The maximum atomic E-state index is 12.5. The molecule has 1 aromatic rings. The molecule has 0 spiro atoms. The lowest BCUT2D eigenvalue weighted by molar-refractivity contribution is -0.130. The highest BCUT2D eigenvalue weighted by Gasteiger charge is 2.27. The van der Waals surface area contributed by atoms with Gasteiger partial charge >= 0.3 is 0 Å². The highest BCUT2D eigenvalue weighted by Crippen LogP contribution is 2.20. The number of aryl methyl sites for hydroxylation is 1. The summed E-state index contributed by atoms with van der Waals surface area (Å²) in [6.07, 6.45) is 6.08. The van der Waals surface area contributed by atoms with Crippen molar-refractivity contribution in [2.45, 2.75) is 57.4 Å². The molecular formula is C16H28N4O2S. The van der Waals surface area contributed by atoms with Crippen molar-refractivity contribution in [3.8, 4) is 0 Å². The fraction of sp³-hybridized carbons (Fsp3) is 0.812.